The predicted molar refractivity (Wildman–Crippen MR) is 112 cm³/mol. The first-order valence-electron chi connectivity index (χ1n) is 9.60. The van der Waals surface area contributed by atoms with Crippen LogP contribution in [0.2, 0.25) is 0 Å². The lowest BCUT2D eigenvalue weighted by Crippen LogP contribution is -2.51. The fourth-order valence-corrected chi connectivity index (χ4v) is 4.40. The van der Waals surface area contributed by atoms with Gasteiger partial charge in [-0.3, -0.25) is 9.10 Å². The SMILES string of the molecule is CC[C@@H](NC(=O)[C@H]1CN(S(=O)(=O)CC)c2ccccc2O1)c1ccc(OC)cc1. The fraction of sp³-hybridized carbons (Fsp3) is 0.381. The Kier molecular flexibility index (Phi) is 6.32. The predicted octanol–water partition coefficient (Wildman–Crippen LogP) is 2.88. The summed E-state index contributed by atoms with van der Waals surface area (Å²) in [5, 5.41) is 2.98. The van der Waals surface area contributed by atoms with E-state index in [4.69, 9.17) is 9.47 Å². The largest absolute Gasteiger partial charge is 0.497 e. The van der Waals surface area contributed by atoms with Crippen LogP contribution in [0.15, 0.2) is 48.5 Å². The van der Waals surface area contributed by atoms with Gasteiger partial charge in [-0.25, -0.2) is 8.42 Å². The Morgan fingerprint density at radius 2 is 1.90 bits per heavy atom. The van der Waals surface area contributed by atoms with Crippen molar-refractivity contribution >= 4 is 21.6 Å². The molecule has 0 aliphatic carbocycles. The van der Waals surface area contributed by atoms with E-state index in [-0.39, 0.29) is 24.2 Å². The Bertz CT molecular complexity index is 959. The normalized spacial score (nSPS) is 17.1. The topological polar surface area (TPSA) is 84.9 Å². The van der Waals surface area contributed by atoms with Gasteiger partial charge in [0.05, 0.1) is 31.1 Å². The first-order valence-corrected chi connectivity index (χ1v) is 11.2. The third-order valence-electron chi connectivity index (χ3n) is 4.97. The standard InChI is InChI=1S/C21H26N2O5S/c1-4-17(15-10-12-16(27-3)13-11-15)22-21(24)20-14-23(29(25,26)5-2)18-8-6-7-9-19(18)28-20/h6-13,17,20H,4-5,14H2,1-3H3,(H,22,24)/t17-,20-/m1/s1. The number of carbonyl (C=O) groups is 1. The average Bonchev–Trinajstić information content (AvgIpc) is 2.76. The summed E-state index contributed by atoms with van der Waals surface area (Å²) in [5.41, 5.74) is 1.40. The highest BCUT2D eigenvalue weighted by Gasteiger charge is 2.36. The van der Waals surface area contributed by atoms with Crippen LogP contribution in [0, 0.1) is 0 Å². The second-order valence-electron chi connectivity index (χ2n) is 6.75. The lowest BCUT2D eigenvalue weighted by atomic mass is 10.0. The first kappa shape index (κ1) is 21.0. The number of para-hydroxylation sites is 2. The summed E-state index contributed by atoms with van der Waals surface area (Å²) in [6.45, 7) is 3.50. The van der Waals surface area contributed by atoms with Crippen LogP contribution in [-0.2, 0) is 14.8 Å². The molecule has 1 amide bonds. The van der Waals surface area contributed by atoms with E-state index in [1.807, 2.05) is 31.2 Å². The summed E-state index contributed by atoms with van der Waals surface area (Å²) in [4.78, 5) is 13.0. The maximum atomic E-state index is 13.0. The second kappa shape index (κ2) is 8.73. The molecule has 0 spiro atoms. The molecule has 0 saturated carbocycles. The van der Waals surface area contributed by atoms with Crippen LogP contribution in [0.25, 0.3) is 0 Å². The maximum Gasteiger partial charge on any atom is 0.263 e. The number of amides is 1. The molecule has 0 saturated heterocycles. The van der Waals surface area contributed by atoms with Gasteiger partial charge in [-0.1, -0.05) is 31.2 Å². The number of nitrogens with one attached hydrogen (secondary N) is 1. The van der Waals surface area contributed by atoms with Gasteiger partial charge in [0.1, 0.15) is 11.5 Å². The highest BCUT2D eigenvalue weighted by atomic mass is 32.2. The molecule has 0 radical (unpaired) electrons. The van der Waals surface area contributed by atoms with E-state index in [1.54, 1.807) is 38.3 Å². The zero-order chi connectivity index (χ0) is 21.0. The summed E-state index contributed by atoms with van der Waals surface area (Å²) < 4.78 is 37.4. The molecule has 0 bridgehead atoms. The van der Waals surface area contributed by atoms with Gasteiger partial charge in [-0.15, -0.1) is 0 Å². The molecule has 2 atom stereocenters. The molecule has 3 rings (SSSR count). The maximum absolute atomic E-state index is 13.0. The molecule has 1 aliphatic rings. The number of anilines is 1. The molecule has 1 heterocycles. The van der Waals surface area contributed by atoms with Crippen LogP contribution >= 0.6 is 0 Å². The Hall–Kier alpha value is -2.74. The number of ether oxygens (including phenoxy) is 2. The van der Waals surface area contributed by atoms with Crippen molar-refractivity contribution in [3.05, 3.63) is 54.1 Å². The van der Waals surface area contributed by atoms with Gasteiger partial charge < -0.3 is 14.8 Å². The van der Waals surface area contributed by atoms with Crippen LogP contribution in [0.5, 0.6) is 11.5 Å². The number of rotatable bonds is 7. The third kappa shape index (κ3) is 4.48. The number of methoxy groups -OCH3 is 1. The van der Waals surface area contributed by atoms with Crippen molar-refractivity contribution in [2.45, 2.75) is 32.4 Å². The van der Waals surface area contributed by atoms with Crippen molar-refractivity contribution in [3.63, 3.8) is 0 Å². The van der Waals surface area contributed by atoms with E-state index in [9.17, 15) is 13.2 Å². The molecule has 156 valence electrons. The number of carbonyl (C=O) groups excluding carboxylic acids is 1. The van der Waals surface area contributed by atoms with Crippen molar-refractivity contribution in [2.24, 2.45) is 0 Å². The van der Waals surface area contributed by atoms with Crippen molar-refractivity contribution in [1.82, 2.24) is 5.32 Å². The van der Waals surface area contributed by atoms with Crippen LogP contribution in [0.3, 0.4) is 0 Å². The summed E-state index contributed by atoms with van der Waals surface area (Å²) in [6.07, 6.45) is -0.253. The van der Waals surface area contributed by atoms with Crippen LogP contribution < -0.4 is 19.1 Å². The van der Waals surface area contributed by atoms with E-state index in [0.29, 0.717) is 17.9 Å². The summed E-state index contributed by atoms with van der Waals surface area (Å²) >= 11 is 0. The summed E-state index contributed by atoms with van der Waals surface area (Å²) in [5.74, 6) is 0.716. The number of hydrogen-bond acceptors (Lipinski definition) is 5. The van der Waals surface area contributed by atoms with E-state index < -0.39 is 16.1 Å². The number of hydrogen-bond donors (Lipinski definition) is 1. The minimum atomic E-state index is -3.54. The summed E-state index contributed by atoms with van der Waals surface area (Å²) in [6, 6.07) is 14.1. The lowest BCUT2D eigenvalue weighted by molar-refractivity contribution is -0.128. The van der Waals surface area contributed by atoms with E-state index >= 15 is 0 Å². The minimum absolute atomic E-state index is 0.0564. The zero-order valence-electron chi connectivity index (χ0n) is 16.8. The summed E-state index contributed by atoms with van der Waals surface area (Å²) in [7, 11) is -1.94. The molecular formula is C21H26N2O5S. The fourth-order valence-electron chi connectivity index (χ4n) is 3.28. The molecule has 2 aromatic carbocycles. The molecule has 29 heavy (non-hydrogen) atoms. The highest BCUT2D eigenvalue weighted by molar-refractivity contribution is 7.92. The molecule has 8 heteroatoms. The Balaban J connectivity index is 1.81. The van der Waals surface area contributed by atoms with Crippen LogP contribution in [-0.4, -0.2) is 39.8 Å². The van der Waals surface area contributed by atoms with Gasteiger partial charge in [-0.05, 0) is 43.2 Å². The minimum Gasteiger partial charge on any atom is -0.497 e. The van der Waals surface area contributed by atoms with Crippen LogP contribution in [0.4, 0.5) is 5.69 Å². The molecule has 2 aromatic rings. The van der Waals surface area contributed by atoms with Crippen molar-refractivity contribution in [1.29, 1.82) is 0 Å². The molecule has 7 nitrogen and oxygen atoms in total. The van der Waals surface area contributed by atoms with E-state index in [2.05, 4.69) is 5.32 Å². The molecule has 0 unspecified atom stereocenters. The Morgan fingerprint density at radius 3 is 2.52 bits per heavy atom. The monoisotopic (exact) mass is 418 g/mol. The number of sulfonamides is 1. The first-order chi connectivity index (χ1) is 13.9. The number of fused-ring (bicyclic) bond motifs is 1. The quantitative estimate of drug-likeness (QED) is 0.747. The van der Waals surface area contributed by atoms with E-state index in [1.165, 1.54) is 4.31 Å². The van der Waals surface area contributed by atoms with E-state index in [0.717, 1.165) is 11.3 Å². The zero-order valence-corrected chi connectivity index (χ0v) is 17.6. The third-order valence-corrected chi connectivity index (χ3v) is 6.72. The lowest BCUT2D eigenvalue weighted by Gasteiger charge is -2.35. The van der Waals surface area contributed by atoms with Crippen molar-refractivity contribution in [3.8, 4) is 11.5 Å². The Morgan fingerprint density at radius 1 is 1.21 bits per heavy atom. The van der Waals surface area contributed by atoms with Crippen molar-refractivity contribution in [2.75, 3.05) is 23.7 Å². The van der Waals surface area contributed by atoms with Gasteiger partial charge in [0.2, 0.25) is 10.0 Å². The molecule has 0 fully saturated rings. The smallest absolute Gasteiger partial charge is 0.263 e. The number of nitrogens with zero attached hydrogens (tertiary/aromatic N) is 1. The molecular weight excluding hydrogens is 392 g/mol. The van der Waals surface area contributed by atoms with Gasteiger partial charge in [0.25, 0.3) is 5.91 Å². The molecule has 1 N–H and O–H groups in total. The van der Waals surface area contributed by atoms with Crippen LogP contribution in [0.1, 0.15) is 31.9 Å². The highest BCUT2D eigenvalue weighted by Crippen LogP contribution is 2.35. The molecule has 0 aromatic heterocycles. The van der Waals surface area contributed by atoms with Gasteiger partial charge >= 0.3 is 0 Å². The number of benzene rings is 2. The van der Waals surface area contributed by atoms with Crippen molar-refractivity contribution < 1.29 is 22.7 Å². The molecule has 1 aliphatic heterocycles. The van der Waals surface area contributed by atoms with Gasteiger partial charge in [-0.2, -0.15) is 0 Å². The Labute approximate surface area is 171 Å². The second-order valence-corrected chi connectivity index (χ2v) is 8.93. The van der Waals surface area contributed by atoms with Gasteiger partial charge in [0, 0.05) is 0 Å². The average molecular weight is 419 g/mol. The van der Waals surface area contributed by atoms with Gasteiger partial charge in [0.15, 0.2) is 6.10 Å².